The average Bonchev–Trinajstić information content (AvgIpc) is 2.58. The molecular weight excluding hydrogens is 220 g/mol. The van der Waals surface area contributed by atoms with Crippen molar-refractivity contribution in [2.75, 3.05) is 26.8 Å². The van der Waals surface area contributed by atoms with Gasteiger partial charge in [-0.15, -0.1) is 11.3 Å². The summed E-state index contributed by atoms with van der Waals surface area (Å²) in [6, 6.07) is 0. The summed E-state index contributed by atoms with van der Waals surface area (Å²) in [7, 11) is 1.73. The monoisotopic (exact) mass is 242 g/mol. The molecule has 0 amide bonds. The Morgan fingerprint density at radius 1 is 1.50 bits per heavy atom. The SMILES string of the molecule is COCCNCC(C)(C)Cc1csc(C)n1. The summed E-state index contributed by atoms with van der Waals surface area (Å²) in [5.41, 5.74) is 1.45. The molecule has 1 aromatic heterocycles. The molecule has 0 fully saturated rings. The zero-order valence-corrected chi connectivity index (χ0v) is 11.5. The Hall–Kier alpha value is -0.450. The number of nitrogens with zero attached hydrogens (tertiary/aromatic N) is 1. The number of nitrogens with one attached hydrogen (secondary N) is 1. The number of methoxy groups -OCH3 is 1. The van der Waals surface area contributed by atoms with Crippen molar-refractivity contribution in [3.05, 3.63) is 16.1 Å². The van der Waals surface area contributed by atoms with Gasteiger partial charge in [0.25, 0.3) is 0 Å². The molecule has 1 rings (SSSR count). The molecule has 4 heteroatoms. The number of aromatic nitrogens is 1. The first-order valence-electron chi connectivity index (χ1n) is 5.64. The minimum absolute atomic E-state index is 0.244. The van der Waals surface area contributed by atoms with Crippen molar-refractivity contribution >= 4 is 11.3 Å². The van der Waals surface area contributed by atoms with E-state index in [9.17, 15) is 0 Å². The van der Waals surface area contributed by atoms with Crippen LogP contribution in [0, 0.1) is 12.3 Å². The van der Waals surface area contributed by atoms with Crippen LogP contribution < -0.4 is 5.32 Å². The molecule has 0 bridgehead atoms. The molecule has 0 aliphatic heterocycles. The molecule has 0 aliphatic carbocycles. The van der Waals surface area contributed by atoms with Crippen molar-refractivity contribution in [1.29, 1.82) is 0 Å². The van der Waals surface area contributed by atoms with Crippen LogP contribution in [-0.2, 0) is 11.2 Å². The Kier molecular flexibility index (Phi) is 5.38. The van der Waals surface area contributed by atoms with Gasteiger partial charge in [-0.2, -0.15) is 0 Å². The predicted molar refractivity (Wildman–Crippen MR) is 69.1 cm³/mol. The van der Waals surface area contributed by atoms with Gasteiger partial charge in [-0.3, -0.25) is 0 Å². The topological polar surface area (TPSA) is 34.1 Å². The van der Waals surface area contributed by atoms with Crippen LogP contribution in [0.2, 0.25) is 0 Å². The fourth-order valence-electron chi connectivity index (χ4n) is 1.64. The van der Waals surface area contributed by atoms with Gasteiger partial charge in [0.1, 0.15) is 0 Å². The first kappa shape index (κ1) is 13.6. The fraction of sp³-hybridized carbons (Fsp3) is 0.750. The highest BCUT2D eigenvalue weighted by Gasteiger charge is 2.19. The molecule has 0 atom stereocenters. The predicted octanol–water partition coefficient (Wildman–Crippen LogP) is 2.26. The van der Waals surface area contributed by atoms with Gasteiger partial charge in [0.2, 0.25) is 0 Å². The first-order chi connectivity index (χ1) is 7.53. The van der Waals surface area contributed by atoms with Gasteiger partial charge in [0, 0.05) is 25.6 Å². The molecule has 0 spiro atoms. The average molecular weight is 242 g/mol. The lowest BCUT2D eigenvalue weighted by Gasteiger charge is -2.24. The summed E-state index contributed by atoms with van der Waals surface area (Å²) in [6.07, 6.45) is 1.03. The molecule has 92 valence electrons. The normalized spacial score (nSPS) is 12.0. The minimum atomic E-state index is 0.244. The molecule has 1 aromatic rings. The maximum absolute atomic E-state index is 5.00. The van der Waals surface area contributed by atoms with E-state index in [2.05, 4.69) is 36.5 Å². The molecule has 0 unspecified atom stereocenters. The third-order valence-electron chi connectivity index (χ3n) is 2.41. The van der Waals surface area contributed by atoms with E-state index in [4.69, 9.17) is 4.74 Å². The van der Waals surface area contributed by atoms with Crippen LogP contribution in [0.15, 0.2) is 5.38 Å². The molecule has 0 aliphatic rings. The summed E-state index contributed by atoms with van der Waals surface area (Å²) in [6.45, 7) is 9.26. The van der Waals surface area contributed by atoms with E-state index in [1.165, 1.54) is 5.69 Å². The molecular formula is C12H22N2OS. The second-order valence-electron chi connectivity index (χ2n) is 4.87. The lowest BCUT2D eigenvalue weighted by atomic mass is 9.88. The van der Waals surface area contributed by atoms with Crippen LogP contribution >= 0.6 is 11.3 Å². The Balaban J connectivity index is 2.33. The number of rotatable bonds is 7. The minimum Gasteiger partial charge on any atom is -0.383 e. The third-order valence-corrected chi connectivity index (χ3v) is 3.24. The molecule has 1 N–H and O–H groups in total. The third kappa shape index (κ3) is 5.05. The molecule has 0 radical (unpaired) electrons. The van der Waals surface area contributed by atoms with Gasteiger partial charge in [-0.25, -0.2) is 4.98 Å². The quantitative estimate of drug-likeness (QED) is 0.745. The summed E-state index contributed by atoms with van der Waals surface area (Å²) in [5.74, 6) is 0. The zero-order valence-electron chi connectivity index (χ0n) is 10.7. The van der Waals surface area contributed by atoms with Crippen LogP contribution in [0.3, 0.4) is 0 Å². The van der Waals surface area contributed by atoms with E-state index in [1.807, 2.05) is 0 Å². The highest BCUT2D eigenvalue weighted by Crippen LogP contribution is 2.21. The van der Waals surface area contributed by atoms with Crippen molar-refractivity contribution in [2.24, 2.45) is 5.41 Å². The standard InChI is InChI=1S/C12H22N2OS/c1-10-14-11(8-16-10)7-12(2,3)9-13-5-6-15-4/h8,13H,5-7,9H2,1-4H3. The summed E-state index contributed by atoms with van der Waals surface area (Å²) in [4.78, 5) is 4.51. The van der Waals surface area contributed by atoms with E-state index in [-0.39, 0.29) is 5.41 Å². The fourth-order valence-corrected chi connectivity index (χ4v) is 2.26. The zero-order chi connectivity index (χ0) is 12.0. The van der Waals surface area contributed by atoms with Crippen LogP contribution in [0.1, 0.15) is 24.5 Å². The highest BCUT2D eigenvalue weighted by molar-refractivity contribution is 7.09. The van der Waals surface area contributed by atoms with E-state index in [0.29, 0.717) is 0 Å². The largest absolute Gasteiger partial charge is 0.383 e. The Labute approximate surface area is 102 Å². The number of hydrogen-bond acceptors (Lipinski definition) is 4. The van der Waals surface area contributed by atoms with Gasteiger partial charge < -0.3 is 10.1 Å². The summed E-state index contributed by atoms with van der Waals surface area (Å²) in [5, 5.41) is 6.71. The number of thiazole rings is 1. The van der Waals surface area contributed by atoms with Crippen molar-refractivity contribution in [3.8, 4) is 0 Å². The van der Waals surface area contributed by atoms with E-state index in [0.717, 1.165) is 31.1 Å². The Morgan fingerprint density at radius 2 is 2.25 bits per heavy atom. The van der Waals surface area contributed by atoms with Crippen LogP contribution in [0.5, 0.6) is 0 Å². The van der Waals surface area contributed by atoms with Crippen molar-refractivity contribution in [3.63, 3.8) is 0 Å². The van der Waals surface area contributed by atoms with Gasteiger partial charge in [-0.05, 0) is 18.8 Å². The maximum atomic E-state index is 5.00. The van der Waals surface area contributed by atoms with Crippen LogP contribution in [0.4, 0.5) is 0 Å². The van der Waals surface area contributed by atoms with E-state index < -0.39 is 0 Å². The molecule has 0 saturated carbocycles. The summed E-state index contributed by atoms with van der Waals surface area (Å²) < 4.78 is 5.00. The van der Waals surface area contributed by atoms with Crippen molar-refractivity contribution in [2.45, 2.75) is 27.2 Å². The van der Waals surface area contributed by atoms with Crippen molar-refractivity contribution in [1.82, 2.24) is 10.3 Å². The number of aryl methyl sites for hydroxylation is 1. The first-order valence-corrected chi connectivity index (χ1v) is 6.52. The van der Waals surface area contributed by atoms with E-state index in [1.54, 1.807) is 18.4 Å². The number of ether oxygens (including phenoxy) is 1. The van der Waals surface area contributed by atoms with Crippen molar-refractivity contribution < 1.29 is 4.74 Å². The van der Waals surface area contributed by atoms with Gasteiger partial charge >= 0.3 is 0 Å². The smallest absolute Gasteiger partial charge is 0.0897 e. The van der Waals surface area contributed by atoms with Crippen LogP contribution in [0.25, 0.3) is 0 Å². The highest BCUT2D eigenvalue weighted by atomic mass is 32.1. The van der Waals surface area contributed by atoms with Crippen LogP contribution in [-0.4, -0.2) is 31.8 Å². The van der Waals surface area contributed by atoms with Gasteiger partial charge in [0.15, 0.2) is 0 Å². The molecule has 1 heterocycles. The summed E-state index contributed by atoms with van der Waals surface area (Å²) >= 11 is 1.73. The second-order valence-corrected chi connectivity index (χ2v) is 5.93. The molecule has 3 nitrogen and oxygen atoms in total. The lowest BCUT2D eigenvalue weighted by Crippen LogP contribution is -2.33. The molecule has 0 aromatic carbocycles. The molecule has 0 saturated heterocycles. The second kappa shape index (κ2) is 6.33. The molecule has 16 heavy (non-hydrogen) atoms. The van der Waals surface area contributed by atoms with Gasteiger partial charge in [-0.1, -0.05) is 13.8 Å². The van der Waals surface area contributed by atoms with E-state index >= 15 is 0 Å². The number of hydrogen-bond donors (Lipinski definition) is 1. The maximum Gasteiger partial charge on any atom is 0.0897 e. The Morgan fingerprint density at radius 3 is 2.81 bits per heavy atom. The van der Waals surface area contributed by atoms with Gasteiger partial charge in [0.05, 0.1) is 17.3 Å². The Bertz CT molecular complexity index is 310. The lowest BCUT2D eigenvalue weighted by molar-refractivity contribution is 0.194.